The highest BCUT2D eigenvalue weighted by Crippen LogP contribution is 2.25. The van der Waals surface area contributed by atoms with E-state index in [1.165, 1.54) is 6.42 Å². The van der Waals surface area contributed by atoms with E-state index >= 15 is 0 Å². The number of aromatic carboxylic acids is 1. The van der Waals surface area contributed by atoms with Gasteiger partial charge in [0, 0.05) is 20.2 Å². The van der Waals surface area contributed by atoms with E-state index < -0.39 is 5.97 Å². The van der Waals surface area contributed by atoms with Gasteiger partial charge in [-0.1, -0.05) is 12.1 Å². The fourth-order valence-electron chi connectivity index (χ4n) is 2.69. The molecule has 2 rings (SSSR count). The standard InChI is InChI=1S/C15H21NO3/c1-11-6-5-8-13(15(17)18)14(11)16(2)10-12-7-3-4-9-19-12/h5-6,8,12H,3-4,7,9-10H2,1-2H3,(H,17,18). The van der Waals surface area contributed by atoms with E-state index in [2.05, 4.69) is 0 Å². The average Bonchev–Trinajstić information content (AvgIpc) is 2.39. The van der Waals surface area contributed by atoms with Crippen LogP contribution in [0.5, 0.6) is 0 Å². The van der Waals surface area contributed by atoms with Crippen LogP contribution in [0.4, 0.5) is 5.69 Å². The summed E-state index contributed by atoms with van der Waals surface area (Å²) in [5, 5.41) is 9.29. The third-order valence-corrected chi connectivity index (χ3v) is 3.60. The first-order valence-electron chi connectivity index (χ1n) is 6.75. The fourth-order valence-corrected chi connectivity index (χ4v) is 2.69. The second-order valence-electron chi connectivity index (χ2n) is 5.15. The van der Waals surface area contributed by atoms with Crippen molar-refractivity contribution in [3.63, 3.8) is 0 Å². The number of nitrogens with zero attached hydrogens (tertiary/aromatic N) is 1. The number of benzene rings is 1. The van der Waals surface area contributed by atoms with E-state index in [1.54, 1.807) is 12.1 Å². The van der Waals surface area contributed by atoms with Crippen molar-refractivity contribution in [2.45, 2.75) is 32.3 Å². The van der Waals surface area contributed by atoms with Crippen LogP contribution in [0.3, 0.4) is 0 Å². The second-order valence-corrected chi connectivity index (χ2v) is 5.15. The molecule has 104 valence electrons. The quantitative estimate of drug-likeness (QED) is 0.907. The summed E-state index contributed by atoms with van der Waals surface area (Å²) in [4.78, 5) is 13.3. The summed E-state index contributed by atoms with van der Waals surface area (Å²) in [6, 6.07) is 5.39. The van der Waals surface area contributed by atoms with Crippen molar-refractivity contribution >= 4 is 11.7 Å². The van der Waals surface area contributed by atoms with Gasteiger partial charge in [0.2, 0.25) is 0 Å². The van der Waals surface area contributed by atoms with Gasteiger partial charge in [0.05, 0.1) is 17.4 Å². The highest BCUT2D eigenvalue weighted by atomic mass is 16.5. The lowest BCUT2D eigenvalue weighted by Crippen LogP contribution is -2.34. The minimum absolute atomic E-state index is 0.208. The summed E-state index contributed by atoms with van der Waals surface area (Å²) >= 11 is 0. The number of hydrogen-bond donors (Lipinski definition) is 1. The van der Waals surface area contributed by atoms with Crippen molar-refractivity contribution in [2.75, 3.05) is 25.1 Å². The van der Waals surface area contributed by atoms with E-state index in [0.717, 1.165) is 37.2 Å². The van der Waals surface area contributed by atoms with Gasteiger partial charge >= 0.3 is 5.97 Å². The molecule has 1 aromatic carbocycles. The highest BCUT2D eigenvalue weighted by Gasteiger charge is 2.20. The number of ether oxygens (including phenoxy) is 1. The first-order chi connectivity index (χ1) is 9.09. The first kappa shape index (κ1) is 13.9. The molecule has 0 aliphatic carbocycles. The lowest BCUT2D eigenvalue weighted by atomic mass is 10.0. The predicted molar refractivity (Wildman–Crippen MR) is 75.0 cm³/mol. The van der Waals surface area contributed by atoms with Gasteiger partial charge in [0.15, 0.2) is 0 Å². The molecule has 0 saturated carbocycles. The molecule has 0 amide bonds. The summed E-state index contributed by atoms with van der Waals surface area (Å²) in [6.45, 7) is 3.50. The van der Waals surface area contributed by atoms with Crippen LogP contribution in [-0.2, 0) is 4.74 Å². The summed E-state index contributed by atoms with van der Waals surface area (Å²) in [5.41, 5.74) is 2.14. The van der Waals surface area contributed by atoms with Gasteiger partial charge in [-0.3, -0.25) is 0 Å². The Hall–Kier alpha value is -1.55. The molecule has 1 aromatic rings. The third-order valence-electron chi connectivity index (χ3n) is 3.60. The lowest BCUT2D eigenvalue weighted by Gasteiger charge is -2.30. The molecule has 0 aromatic heterocycles. The van der Waals surface area contributed by atoms with Gasteiger partial charge in [0.25, 0.3) is 0 Å². The molecule has 1 unspecified atom stereocenters. The molecule has 1 atom stereocenters. The van der Waals surface area contributed by atoms with Gasteiger partial charge in [-0.2, -0.15) is 0 Å². The van der Waals surface area contributed by atoms with Gasteiger partial charge in [0.1, 0.15) is 0 Å². The number of para-hydroxylation sites is 1. The minimum atomic E-state index is -0.880. The van der Waals surface area contributed by atoms with E-state index in [-0.39, 0.29) is 6.10 Å². The Morgan fingerprint density at radius 3 is 2.89 bits per heavy atom. The van der Waals surface area contributed by atoms with Crippen molar-refractivity contribution in [2.24, 2.45) is 0 Å². The maximum atomic E-state index is 11.3. The van der Waals surface area contributed by atoms with Crippen molar-refractivity contribution in [3.05, 3.63) is 29.3 Å². The minimum Gasteiger partial charge on any atom is -0.478 e. The molecule has 4 nitrogen and oxygen atoms in total. The monoisotopic (exact) mass is 263 g/mol. The van der Waals surface area contributed by atoms with Crippen molar-refractivity contribution < 1.29 is 14.6 Å². The molecule has 0 spiro atoms. The number of anilines is 1. The Balaban J connectivity index is 2.17. The van der Waals surface area contributed by atoms with Crippen LogP contribution in [-0.4, -0.2) is 37.4 Å². The number of rotatable bonds is 4. The smallest absolute Gasteiger partial charge is 0.337 e. The normalized spacial score (nSPS) is 19.2. The molecule has 4 heteroatoms. The molecular formula is C15H21NO3. The van der Waals surface area contributed by atoms with Crippen LogP contribution < -0.4 is 4.90 Å². The second kappa shape index (κ2) is 6.06. The number of hydrogen-bond acceptors (Lipinski definition) is 3. The van der Waals surface area contributed by atoms with E-state index in [9.17, 15) is 9.90 Å². The SMILES string of the molecule is Cc1cccc(C(=O)O)c1N(C)CC1CCCCO1. The van der Waals surface area contributed by atoms with Gasteiger partial charge in [-0.05, 0) is 37.8 Å². The van der Waals surface area contributed by atoms with Crippen LogP contribution in [0.1, 0.15) is 35.2 Å². The molecule has 1 heterocycles. The van der Waals surface area contributed by atoms with Gasteiger partial charge in [-0.25, -0.2) is 4.79 Å². The topological polar surface area (TPSA) is 49.8 Å². The van der Waals surface area contributed by atoms with Crippen molar-refractivity contribution in [1.29, 1.82) is 0 Å². The maximum Gasteiger partial charge on any atom is 0.337 e. The van der Waals surface area contributed by atoms with Crippen LogP contribution in [0.2, 0.25) is 0 Å². The van der Waals surface area contributed by atoms with E-state index in [1.807, 2.05) is 24.9 Å². The zero-order chi connectivity index (χ0) is 13.8. The zero-order valence-corrected chi connectivity index (χ0v) is 11.6. The van der Waals surface area contributed by atoms with Crippen molar-refractivity contribution in [1.82, 2.24) is 0 Å². The molecule has 1 aliphatic heterocycles. The molecule has 0 radical (unpaired) electrons. The Labute approximate surface area is 114 Å². The molecule has 1 saturated heterocycles. The third kappa shape index (κ3) is 3.26. The average molecular weight is 263 g/mol. The Morgan fingerprint density at radius 2 is 2.26 bits per heavy atom. The van der Waals surface area contributed by atoms with Gasteiger partial charge < -0.3 is 14.7 Å². The first-order valence-corrected chi connectivity index (χ1v) is 6.75. The summed E-state index contributed by atoms with van der Waals surface area (Å²) in [5.74, 6) is -0.880. The fraction of sp³-hybridized carbons (Fsp3) is 0.533. The van der Waals surface area contributed by atoms with E-state index in [4.69, 9.17) is 4.74 Å². The highest BCUT2D eigenvalue weighted by molar-refractivity contribution is 5.95. The Bertz CT molecular complexity index is 453. The van der Waals surface area contributed by atoms with Crippen LogP contribution in [0.25, 0.3) is 0 Å². The number of carboxylic acid groups (broad SMARTS) is 1. The maximum absolute atomic E-state index is 11.3. The number of carbonyl (C=O) groups is 1. The number of aryl methyl sites for hydroxylation is 1. The summed E-state index contributed by atoms with van der Waals surface area (Å²) < 4.78 is 5.72. The molecule has 1 N–H and O–H groups in total. The molecule has 1 aliphatic rings. The molecule has 19 heavy (non-hydrogen) atoms. The molecule has 0 bridgehead atoms. The van der Waals surface area contributed by atoms with Gasteiger partial charge in [-0.15, -0.1) is 0 Å². The Kier molecular flexibility index (Phi) is 4.43. The predicted octanol–water partition coefficient (Wildman–Crippen LogP) is 2.70. The molecular weight excluding hydrogens is 242 g/mol. The van der Waals surface area contributed by atoms with Crippen LogP contribution in [0, 0.1) is 6.92 Å². The summed E-state index contributed by atoms with van der Waals surface area (Å²) in [7, 11) is 1.94. The zero-order valence-electron chi connectivity index (χ0n) is 11.6. The summed E-state index contributed by atoms with van der Waals surface area (Å²) in [6.07, 6.45) is 3.58. The van der Waals surface area contributed by atoms with Crippen LogP contribution >= 0.6 is 0 Å². The Morgan fingerprint density at radius 1 is 1.47 bits per heavy atom. The van der Waals surface area contributed by atoms with E-state index in [0.29, 0.717) is 5.56 Å². The van der Waals surface area contributed by atoms with Crippen LogP contribution in [0.15, 0.2) is 18.2 Å². The lowest BCUT2D eigenvalue weighted by molar-refractivity contribution is 0.0215. The van der Waals surface area contributed by atoms with Crippen molar-refractivity contribution in [3.8, 4) is 0 Å². The number of carboxylic acids is 1. The largest absolute Gasteiger partial charge is 0.478 e. The number of likely N-dealkylation sites (N-methyl/N-ethyl adjacent to an activating group) is 1. The molecule has 1 fully saturated rings.